The van der Waals surface area contributed by atoms with Gasteiger partial charge < -0.3 is 0 Å². The molecule has 0 bridgehead atoms. The maximum absolute atomic E-state index is 15.2. The van der Waals surface area contributed by atoms with Gasteiger partial charge in [-0.1, -0.05) is 131 Å². The first-order valence-corrected chi connectivity index (χ1v) is 19.7. The fourth-order valence-corrected chi connectivity index (χ4v) is 10.2. The van der Waals surface area contributed by atoms with E-state index < -0.39 is 11.8 Å². The predicted octanol–water partition coefficient (Wildman–Crippen LogP) is 12.5. The molecule has 49 heavy (non-hydrogen) atoms. The second-order valence-corrected chi connectivity index (χ2v) is 17.0. The van der Waals surface area contributed by atoms with Crippen LogP contribution in [0.5, 0.6) is 0 Å². The van der Waals surface area contributed by atoms with E-state index >= 15 is 9.59 Å². The minimum atomic E-state index is -0.606. The molecule has 5 aromatic rings. The molecule has 5 aromatic carbocycles. The van der Waals surface area contributed by atoms with Crippen molar-refractivity contribution in [3.05, 3.63) is 165 Å². The van der Waals surface area contributed by atoms with Crippen molar-refractivity contribution in [1.82, 2.24) is 0 Å². The standard InChI is InChI=1S/C43H36O2S4/c1-5-29-12-20-33(21-13-29)49-37-25-24-36(48-32-18-10-28(4)11-19-32)40-41(37)43(45)39-35(47-31-16-8-27(3)9-17-31)23-22-34(38(39)42(40)44)46-30-14-6-26(2)7-15-30/h6-25,40-41H,5H2,1-4H3. The zero-order chi connectivity index (χ0) is 34.1. The Bertz CT molecular complexity index is 2090. The number of Topliss-reactive ketones (excluding diaryl/α,β-unsaturated/α-hetero) is 2. The third kappa shape index (κ3) is 7.29. The lowest BCUT2D eigenvalue weighted by molar-refractivity contribution is 0.0791. The molecular weight excluding hydrogens is 677 g/mol. The molecule has 2 nitrogen and oxygen atoms in total. The third-order valence-electron chi connectivity index (χ3n) is 8.87. The highest BCUT2D eigenvalue weighted by Gasteiger charge is 2.48. The number of hydrogen-bond acceptors (Lipinski definition) is 6. The van der Waals surface area contributed by atoms with E-state index in [0.29, 0.717) is 11.1 Å². The average molecular weight is 713 g/mol. The molecular formula is C43H36O2S4. The maximum Gasteiger partial charge on any atom is 0.173 e. The number of rotatable bonds is 9. The summed E-state index contributed by atoms with van der Waals surface area (Å²) in [5.74, 6) is -1.19. The molecule has 6 heteroatoms. The predicted molar refractivity (Wildman–Crippen MR) is 208 cm³/mol. The summed E-state index contributed by atoms with van der Waals surface area (Å²) in [6, 6.07) is 37.6. The van der Waals surface area contributed by atoms with E-state index in [4.69, 9.17) is 0 Å². The fraction of sp³-hybridized carbons (Fsp3) is 0.163. The Balaban J connectivity index is 1.36. The van der Waals surface area contributed by atoms with Crippen LogP contribution in [0.1, 0.15) is 49.9 Å². The highest BCUT2D eigenvalue weighted by Crippen LogP contribution is 2.53. The fourth-order valence-electron chi connectivity index (χ4n) is 6.13. The number of carbonyl (C=O) groups is 2. The molecule has 2 unspecified atom stereocenters. The summed E-state index contributed by atoms with van der Waals surface area (Å²) in [5, 5.41) is 0. The van der Waals surface area contributed by atoms with Crippen molar-refractivity contribution in [3.8, 4) is 0 Å². The zero-order valence-electron chi connectivity index (χ0n) is 27.9. The number of fused-ring (bicyclic) bond motifs is 2. The summed E-state index contributed by atoms with van der Waals surface area (Å²) in [6.45, 7) is 8.36. The molecule has 0 heterocycles. The number of benzene rings is 5. The number of aryl methyl sites for hydroxylation is 4. The summed E-state index contributed by atoms with van der Waals surface area (Å²) in [5.41, 5.74) is 5.90. The quantitative estimate of drug-likeness (QED) is 0.151. The van der Waals surface area contributed by atoms with E-state index in [1.807, 2.05) is 12.1 Å². The number of ketones is 2. The van der Waals surface area contributed by atoms with Crippen LogP contribution in [0, 0.1) is 32.6 Å². The molecule has 2 atom stereocenters. The Morgan fingerprint density at radius 3 is 1.12 bits per heavy atom. The van der Waals surface area contributed by atoms with Gasteiger partial charge in [-0.25, -0.2) is 0 Å². The minimum absolute atomic E-state index is 0.0129. The van der Waals surface area contributed by atoms with Crippen LogP contribution in [0.2, 0.25) is 0 Å². The van der Waals surface area contributed by atoms with Gasteiger partial charge in [-0.3, -0.25) is 9.59 Å². The first-order valence-electron chi connectivity index (χ1n) is 16.4. The smallest absolute Gasteiger partial charge is 0.173 e. The second kappa shape index (κ2) is 14.7. The molecule has 244 valence electrons. The summed E-state index contributed by atoms with van der Waals surface area (Å²) < 4.78 is 0. The molecule has 0 saturated carbocycles. The van der Waals surface area contributed by atoms with E-state index in [1.165, 1.54) is 22.3 Å². The van der Waals surface area contributed by atoms with Crippen molar-refractivity contribution in [2.75, 3.05) is 0 Å². The van der Waals surface area contributed by atoms with Gasteiger partial charge in [-0.2, -0.15) is 0 Å². The lowest BCUT2D eigenvalue weighted by Gasteiger charge is -2.37. The van der Waals surface area contributed by atoms with Gasteiger partial charge >= 0.3 is 0 Å². The number of allylic oxidation sites excluding steroid dienone is 4. The minimum Gasteiger partial charge on any atom is -0.293 e. The van der Waals surface area contributed by atoms with E-state index in [9.17, 15) is 0 Å². The van der Waals surface area contributed by atoms with E-state index in [1.54, 1.807) is 47.0 Å². The molecule has 0 fully saturated rings. The molecule has 0 N–H and O–H groups in total. The molecule has 0 aliphatic heterocycles. The van der Waals surface area contributed by atoms with Crippen molar-refractivity contribution < 1.29 is 9.59 Å². The lowest BCUT2D eigenvalue weighted by Crippen LogP contribution is -2.39. The SMILES string of the molecule is CCc1ccc(SC2=CC=C(Sc3ccc(C)cc3)C3C(=O)c4c(Sc5ccc(C)cc5)ccc(Sc5ccc(C)cc5)c4C(=O)C23)cc1. The van der Waals surface area contributed by atoms with Gasteiger partial charge in [-0.15, -0.1) is 0 Å². The van der Waals surface area contributed by atoms with Gasteiger partial charge in [0.1, 0.15) is 0 Å². The summed E-state index contributed by atoms with van der Waals surface area (Å²) in [7, 11) is 0. The van der Waals surface area contributed by atoms with Crippen LogP contribution in [0.3, 0.4) is 0 Å². The highest BCUT2D eigenvalue weighted by atomic mass is 32.2. The number of hydrogen-bond donors (Lipinski definition) is 0. The Kier molecular flexibility index (Phi) is 10.1. The molecule has 7 rings (SSSR count). The van der Waals surface area contributed by atoms with Crippen LogP contribution in [0.4, 0.5) is 0 Å². The summed E-state index contributed by atoms with van der Waals surface area (Å²) >= 11 is 6.31. The number of carbonyl (C=O) groups excluding carboxylic acids is 2. The van der Waals surface area contributed by atoms with Gasteiger partial charge in [0, 0.05) is 50.3 Å². The van der Waals surface area contributed by atoms with Gasteiger partial charge in [0.15, 0.2) is 11.6 Å². The largest absolute Gasteiger partial charge is 0.293 e. The summed E-state index contributed by atoms with van der Waals surface area (Å²) in [6.07, 6.45) is 5.11. The van der Waals surface area contributed by atoms with Gasteiger partial charge in [0.05, 0.1) is 11.8 Å². The Labute approximate surface area is 306 Å². The van der Waals surface area contributed by atoms with Crippen molar-refractivity contribution in [1.29, 1.82) is 0 Å². The van der Waals surface area contributed by atoms with Gasteiger partial charge in [-0.05, 0) is 93.4 Å². The van der Waals surface area contributed by atoms with Crippen LogP contribution >= 0.6 is 47.0 Å². The Hall–Kier alpha value is -3.68. The second-order valence-electron chi connectivity index (χ2n) is 12.5. The van der Waals surface area contributed by atoms with Crippen LogP contribution < -0.4 is 0 Å². The maximum atomic E-state index is 15.2. The van der Waals surface area contributed by atoms with Gasteiger partial charge in [0.2, 0.25) is 0 Å². The Morgan fingerprint density at radius 1 is 0.449 bits per heavy atom. The normalized spacial score (nSPS) is 16.9. The molecule has 0 aromatic heterocycles. The van der Waals surface area contributed by atoms with Crippen LogP contribution in [0.15, 0.2) is 161 Å². The van der Waals surface area contributed by atoms with Crippen LogP contribution in [0.25, 0.3) is 0 Å². The Morgan fingerprint density at radius 2 is 0.776 bits per heavy atom. The summed E-state index contributed by atoms with van der Waals surface area (Å²) in [4.78, 5) is 38.0. The molecule has 2 aliphatic rings. The number of thioether (sulfide) groups is 2. The highest BCUT2D eigenvalue weighted by molar-refractivity contribution is 8.03. The van der Waals surface area contributed by atoms with Crippen molar-refractivity contribution in [2.45, 2.75) is 63.5 Å². The first kappa shape index (κ1) is 33.8. The van der Waals surface area contributed by atoms with Crippen molar-refractivity contribution >= 4 is 58.6 Å². The first-order chi connectivity index (χ1) is 23.8. The van der Waals surface area contributed by atoms with E-state index in [2.05, 4.69) is 137 Å². The van der Waals surface area contributed by atoms with Crippen LogP contribution in [-0.4, -0.2) is 11.6 Å². The van der Waals surface area contributed by atoms with E-state index in [0.717, 1.165) is 45.6 Å². The lowest BCUT2D eigenvalue weighted by atomic mass is 9.72. The monoisotopic (exact) mass is 712 g/mol. The molecule has 0 radical (unpaired) electrons. The zero-order valence-corrected chi connectivity index (χ0v) is 31.1. The third-order valence-corrected chi connectivity index (χ3v) is 13.3. The topological polar surface area (TPSA) is 34.1 Å². The van der Waals surface area contributed by atoms with Crippen molar-refractivity contribution in [3.63, 3.8) is 0 Å². The average Bonchev–Trinajstić information content (AvgIpc) is 3.11. The van der Waals surface area contributed by atoms with E-state index in [-0.39, 0.29) is 11.6 Å². The molecule has 0 amide bonds. The van der Waals surface area contributed by atoms with Crippen LogP contribution in [-0.2, 0) is 6.42 Å². The van der Waals surface area contributed by atoms with Gasteiger partial charge in [0.25, 0.3) is 0 Å². The molecule has 0 spiro atoms. The molecule has 2 aliphatic carbocycles. The molecule has 0 saturated heterocycles. The van der Waals surface area contributed by atoms with Crippen molar-refractivity contribution in [2.24, 2.45) is 11.8 Å².